The number of nitrogens with one attached hydrogen (secondary N) is 1. The van der Waals surface area contributed by atoms with E-state index in [0.717, 1.165) is 38.8 Å². The summed E-state index contributed by atoms with van der Waals surface area (Å²) in [6.45, 7) is 3.64. The van der Waals surface area contributed by atoms with Crippen molar-refractivity contribution in [1.82, 2.24) is 5.32 Å². The molecule has 0 bridgehead atoms. The van der Waals surface area contributed by atoms with Gasteiger partial charge >= 0.3 is 0 Å². The highest BCUT2D eigenvalue weighted by Crippen LogP contribution is 2.48. The smallest absolute Gasteiger partial charge is 0.236 e. The second-order valence-corrected chi connectivity index (χ2v) is 5.21. The zero-order chi connectivity index (χ0) is 12.7. The van der Waals surface area contributed by atoms with E-state index in [2.05, 4.69) is 12.2 Å². The topological polar surface area (TPSA) is 64.4 Å². The van der Waals surface area contributed by atoms with Gasteiger partial charge in [-0.2, -0.15) is 0 Å². The molecule has 4 nitrogen and oxygen atoms in total. The molecular formula is C13H26N2O2. The molecule has 1 aliphatic carbocycles. The Labute approximate surface area is 104 Å². The average Bonchev–Trinajstić information content (AvgIpc) is 3.11. The van der Waals surface area contributed by atoms with Gasteiger partial charge in [0.25, 0.3) is 0 Å². The van der Waals surface area contributed by atoms with E-state index in [-0.39, 0.29) is 11.9 Å². The lowest BCUT2D eigenvalue weighted by Gasteiger charge is -2.17. The summed E-state index contributed by atoms with van der Waals surface area (Å²) in [6, 6.07) is -0.340. The van der Waals surface area contributed by atoms with Gasteiger partial charge in [0.15, 0.2) is 0 Å². The monoisotopic (exact) mass is 242 g/mol. The van der Waals surface area contributed by atoms with E-state index in [1.165, 1.54) is 12.8 Å². The number of amides is 1. The van der Waals surface area contributed by atoms with Crippen LogP contribution in [0.5, 0.6) is 0 Å². The maximum absolute atomic E-state index is 11.7. The number of unbranched alkanes of at least 4 members (excludes halogenated alkanes) is 1. The summed E-state index contributed by atoms with van der Waals surface area (Å²) in [5, 5.41) is 2.98. The van der Waals surface area contributed by atoms with Gasteiger partial charge in [0.2, 0.25) is 5.91 Å². The molecule has 17 heavy (non-hydrogen) atoms. The van der Waals surface area contributed by atoms with E-state index in [1.807, 2.05) is 0 Å². The van der Waals surface area contributed by atoms with Crippen LogP contribution in [-0.4, -0.2) is 32.2 Å². The van der Waals surface area contributed by atoms with Crippen molar-refractivity contribution in [2.24, 2.45) is 11.1 Å². The fraction of sp³-hybridized carbons (Fsp3) is 0.923. The first-order valence-electron chi connectivity index (χ1n) is 6.66. The van der Waals surface area contributed by atoms with Crippen LogP contribution in [0.1, 0.15) is 45.4 Å². The molecular weight excluding hydrogens is 216 g/mol. The van der Waals surface area contributed by atoms with Crippen molar-refractivity contribution in [1.29, 1.82) is 0 Å². The van der Waals surface area contributed by atoms with E-state index in [9.17, 15) is 4.79 Å². The molecule has 0 aromatic heterocycles. The molecule has 0 heterocycles. The first kappa shape index (κ1) is 14.5. The molecule has 1 saturated carbocycles. The summed E-state index contributed by atoms with van der Waals surface area (Å²) in [5.41, 5.74) is 6.12. The molecule has 1 aliphatic rings. The van der Waals surface area contributed by atoms with Crippen LogP contribution in [0.15, 0.2) is 0 Å². The Bertz CT molecular complexity index is 240. The zero-order valence-corrected chi connectivity index (χ0v) is 11.1. The number of carbonyl (C=O) groups is 1. The van der Waals surface area contributed by atoms with Crippen molar-refractivity contribution in [3.05, 3.63) is 0 Å². The van der Waals surface area contributed by atoms with Crippen LogP contribution < -0.4 is 11.1 Å². The summed E-state index contributed by atoms with van der Waals surface area (Å²) in [7, 11) is 1.72. The normalized spacial score (nSPS) is 18.8. The van der Waals surface area contributed by atoms with Crippen molar-refractivity contribution in [3.63, 3.8) is 0 Å². The molecule has 1 fully saturated rings. The molecule has 1 unspecified atom stereocenters. The Kier molecular flexibility index (Phi) is 5.92. The average molecular weight is 242 g/mol. The Hall–Kier alpha value is -0.610. The van der Waals surface area contributed by atoms with Crippen molar-refractivity contribution >= 4 is 5.91 Å². The van der Waals surface area contributed by atoms with Crippen LogP contribution in [0.3, 0.4) is 0 Å². The van der Waals surface area contributed by atoms with Gasteiger partial charge in [-0.05, 0) is 31.1 Å². The molecule has 0 aromatic carbocycles. The van der Waals surface area contributed by atoms with Gasteiger partial charge in [-0.3, -0.25) is 4.79 Å². The number of nitrogens with two attached hydrogens (primary N) is 1. The predicted octanol–water partition coefficient (Wildman–Crippen LogP) is 1.44. The number of ether oxygens (including phenoxy) is 1. The molecule has 1 rings (SSSR count). The molecule has 0 aromatic rings. The van der Waals surface area contributed by atoms with Crippen molar-refractivity contribution in [2.75, 3.05) is 20.3 Å². The largest absolute Gasteiger partial charge is 0.385 e. The van der Waals surface area contributed by atoms with E-state index < -0.39 is 0 Å². The zero-order valence-electron chi connectivity index (χ0n) is 11.1. The van der Waals surface area contributed by atoms with E-state index in [1.54, 1.807) is 7.11 Å². The molecule has 0 aliphatic heterocycles. The summed E-state index contributed by atoms with van der Waals surface area (Å²) in [6.07, 6.45) is 6.31. The van der Waals surface area contributed by atoms with Crippen molar-refractivity contribution in [2.45, 2.75) is 51.5 Å². The SMILES string of the molecule is CCCCC(N)C(=O)NCC1(CCOC)CC1. The minimum absolute atomic E-state index is 0.00198. The van der Waals surface area contributed by atoms with Crippen molar-refractivity contribution < 1.29 is 9.53 Å². The maximum atomic E-state index is 11.7. The molecule has 1 amide bonds. The Morgan fingerprint density at radius 3 is 2.76 bits per heavy atom. The predicted molar refractivity (Wildman–Crippen MR) is 68.7 cm³/mol. The van der Waals surface area contributed by atoms with Gasteiger partial charge in [0.05, 0.1) is 6.04 Å². The highest BCUT2D eigenvalue weighted by atomic mass is 16.5. The number of rotatable bonds is 9. The Morgan fingerprint density at radius 2 is 2.24 bits per heavy atom. The van der Waals surface area contributed by atoms with E-state index in [0.29, 0.717) is 5.41 Å². The van der Waals surface area contributed by atoms with Gasteiger partial charge in [-0.15, -0.1) is 0 Å². The summed E-state index contributed by atoms with van der Waals surface area (Å²) < 4.78 is 5.09. The number of methoxy groups -OCH3 is 1. The van der Waals surface area contributed by atoms with Crippen LogP contribution >= 0.6 is 0 Å². The van der Waals surface area contributed by atoms with Crippen LogP contribution in [-0.2, 0) is 9.53 Å². The van der Waals surface area contributed by atoms with Crippen LogP contribution in [0.2, 0.25) is 0 Å². The number of hydrogen-bond acceptors (Lipinski definition) is 3. The quantitative estimate of drug-likeness (QED) is 0.643. The highest BCUT2D eigenvalue weighted by molar-refractivity contribution is 5.81. The molecule has 0 spiro atoms. The van der Waals surface area contributed by atoms with Crippen LogP contribution in [0.25, 0.3) is 0 Å². The maximum Gasteiger partial charge on any atom is 0.236 e. The third-order valence-corrected chi connectivity index (χ3v) is 3.64. The summed E-state index contributed by atoms with van der Waals surface area (Å²) >= 11 is 0. The minimum atomic E-state index is -0.340. The highest BCUT2D eigenvalue weighted by Gasteiger charge is 2.42. The lowest BCUT2D eigenvalue weighted by molar-refractivity contribution is -0.122. The minimum Gasteiger partial charge on any atom is -0.385 e. The number of hydrogen-bond donors (Lipinski definition) is 2. The summed E-state index contributed by atoms with van der Waals surface area (Å²) in [5.74, 6) is 0.00198. The second-order valence-electron chi connectivity index (χ2n) is 5.21. The van der Waals surface area contributed by atoms with Gasteiger partial charge in [-0.1, -0.05) is 19.8 Å². The van der Waals surface area contributed by atoms with Crippen LogP contribution in [0, 0.1) is 5.41 Å². The molecule has 0 saturated heterocycles. The Morgan fingerprint density at radius 1 is 1.53 bits per heavy atom. The van der Waals surface area contributed by atoms with E-state index >= 15 is 0 Å². The summed E-state index contributed by atoms with van der Waals surface area (Å²) in [4.78, 5) is 11.7. The molecule has 3 N–H and O–H groups in total. The Balaban J connectivity index is 2.18. The fourth-order valence-electron chi connectivity index (χ4n) is 1.97. The van der Waals surface area contributed by atoms with E-state index in [4.69, 9.17) is 10.5 Å². The third kappa shape index (κ3) is 5.04. The fourth-order valence-corrected chi connectivity index (χ4v) is 1.97. The molecule has 0 radical (unpaired) electrons. The first-order valence-corrected chi connectivity index (χ1v) is 6.66. The van der Waals surface area contributed by atoms with Gasteiger partial charge in [-0.25, -0.2) is 0 Å². The third-order valence-electron chi connectivity index (χ3n) is 3.64. The van der Waals surface area contributed by atoms with Crippen molar-refractivity contribution in [3.8, 4) is 0 Å². The lowest BCUT2D eigenvalue weighted by Crippen LogP contribution is -2.42. The van der Waals surface area contributed by atoms with Crippen LogP contribution in [0.4, 0.5) is 0 Å². The van der Waals surface area contributed by atoms with Gasteiger partial charge in [0, 0.05) is 20.3 Å². The van der Waals surface area contributed by atoms with Gasteiger partial charge in [0.1, 0.15) is 0 Å². The standard InChI is InChI=1S/C13H26N2O2/c1-3-4-5-11(14)12(16)15-10-13(6-7-13)8-9-17-2/h11H,3-10,14H2,1-2H3,(H,15,16). The lowest BCUT2D eigenvalue weighted by atomic mass is 10.0. The first-order chi connectivity index (χ1) is 8.13. The molecule has 100 valence electrons. The molecule has 1 atom stereocenters. The molecule has 4 heteroatoms. The van der Waals surface area contributed by atoms with Gasteiger partial charge < -0.3 is 15.8 Å². The number of carbonyl (C=O) groups excluding carboxylic acids is 1. The second kappa shape index (κ2) is 6.97.